The van der Waals surface area contributed by atoms with Crippen LogP contribution in [0, 0.1) is 5.41 Å². The summed E-state index contributed by atoms with van der Waals surface area (Å²) >= 11 is 5.99. The molecule has 1 aromatic carbocycles. The van der Waals surface area contributed by atoms with Crippen LogP contribution >= 0.6 is 11.6 Å². The van der Waals surface area contributed by atoms with Crippen molar-refractivity contribution >= 4 is 21.6 Å². The highest BCUT2D eigenvalue weighted by Crippen LogP contribution is 2.59. The Morgan fingerprint density at radius 1 is 1.14 bits per heavy atom. The minimum atomic E-state index is -3.63. The number of nitrogens with zero attached hydrogens (tertiary/aromatic N) is 1. The molecular weight excluding hydrogens is 313 g/mol. The van der Waals surface area contributed by atoms with Gasteiger partial charge in [-0.3, -0.25) is 0 Å². The summed E-state index contributed by atoms with van der Waals surface area (Å²) in [6.45, 7) is 2.41. The smallest absolute Gasteiger partial charge is 0.243 e. The maximum Gasteiger partial charge on any atom is 0.244 e. The van der Waals surface area contributed by atoms with Gasteiger partial charge >= 0.3 is 0 Å². The molecule has 1 saturated heterocycles. The zero-order chi connectivity index (χ0) is 15.3. The van der Waals surface area contributed by atoms with E-state index in [0.717, 1.165) is 12.8 Å². The lowest BCUT2D eigenvalue weighted by atomic mass is 9.80. The average Bonchev–Trinajstić information content (AvgIpc) is 3.19. The first-order valence-electron chi connectivity index (χ1n) is 7.22. The van der Waals surface area contributed by atoms with Crippen LogP contribution in [0.25, 0.3) is 0 Å². The molecule has 1 saturated carbocycles. The number of piperidine rings is 1. The van der Waals surface area contributed by atoms with E-state index in [9.17, 15) is 12.8 Å². The van der Waals surface area contributed by atoms with Crippen LogP contribution < -0.4 is 0 Å². The second-order valence-corrected chi connectivity index (χ2v) is 8.67. The molecule has 2 aliphatic rings. The molecule has 116 valence electrons. The van der Waals surface area contributed by atoms with Gasteiger partial charge in [0.1, 0.15) is 10.6 Å². The molecule has 3 rings (SSSR count). The molecule has 2 fully saturated rings. The van der Waals surface area contributed by atoms with Crippen molar-refractivity contribution in [2.75, 3.05) is 13.1 Å². The standard InChI is InChI=1S/C15H19ClFNO2S/c1-14(6-7-14)15(17)8-10-18(11-9-15)21(19,20)13-5-3-2-4-12(13)16/h2-5H,6-11H2,1H3. The van der Waals surface area contributed by atoms with Crippen molar-refractivity contribution in [3.8, 4) is 0 Å². The molecule has 0 radical (unpaired) electrons. The van der Waals surface area contributed by atoms with Gasteiger partial charge in [-0.25, -0.2) is 12.8 Å². The molecule has 0 aromatic heterocycles. The molecular formula is C15H19ClFNO2S. The Hall–Kier alpha value is -0.650. The summed E-state index contributed by atoms with van der Waals surface area (Å²) in [5.41, 5.74) is -1.47. The maximum absolute atomic E-state index is 14.9. The molecule has 1 heterocycles. The Morgan fingerprint density at radius 3 is 2.24 bits per heavy atom. The SMILES string of the molecule is CC1(C2(F)CCN(S(=O)(=O)c3ccccc3Cl)CC2)CC1. The van der Waals surface area contributed by atoms with Gasteiger partial charge in [0.15, 0.2) is 0 Å². The van der Waals surface area contributed by atoms with E-state index in [-0.39, 0.29) is 41.3 Å². The van der Waals surface area contributed by atoms with Crippen molar-refractivity contribution in [2.45, 2.75) is 43.2 Å². The number of sulfonamides is 1. The molecule has 0 bridgehead atoms. The third-order valence-corrected chi connectivity index (χ3v) is 7.45. The first-order valence-corrected chi connectivity index (χ1v) is 9.04. The molecule has 21 heavy (non-hydrogen) atoms. The molecule has 3 nitrogen and oxygen atoms in total. The molecule has 1 aromatic rings. The minimum Gasteiger partial charge on any atom is -0.243 e. The summed E-state index contributed by atoms with van der Waals surface area (Å²) in [7, 11) is -3.63. The molecule has 6 heteroatoms. The van der Waals surface area contributed by atoms with Crippen LogP contribution in [0.5, 0.6) is 0 Å². The number of benzene rings is 1. The van der Waals surface area contributed by atoms with Crippen molar-refractivity contribution in [3.05, 3.63) is 29.3 Å². The lowest BCUT2D eigenvalue weighted by molar-refractivity contribution is 0.0208. The van der Waals surface area contributed by atoms with Crippen LogP contribution in [0.2, 0.25) is 5.02 Å². The summed E-state index contributed by atoms with van der Waals surface area (Å²) in [6, 6.07) is 6.39. The normalized spacial score (nSPS) is 24.7. The molecule has 0 amide bonds. The van der Waals surface area contributed by atoms with E-state index in [1.165, 1.54) is 10.4 Å². The molecule has 0 atom stereocenters. The van der Waals surface area contributed by atoms with E-state index in [0.29, 0.717) is 0 Å². The zero-order valence-corrected chi connectivity index (χ0v) is 13.6. The predicted molar refractivity (Wildman–Crippen MR) is 80.6 cm³/mol. The van der Waals surface area contributed by atoms with Gasteiger partial charge < -0.3 is 0 Å². The summed E-state index contributed by atoms with van der Waals surface area (Å²) in [5.74, 6) is 0. The third kappa shape index (κ3) is 2.49. The maximum atomic E-state index is 14.9. The highest BCUT2D eigenvalue weighted by atomic mass is 35.5. The van der Waals surface area contributed by atoms with E-state index in [4.69, 9.17) is 11.6 Å². The van der Waals surface area contributed by atoms with E-state index in [1.807, 2.05) is 6.92 Å². The van der Waals surface area contributed by atoms with Crippen molar-refractivity contribution in [1.29, 1.82) is 0 Å². The van der Waals surface area contributed by atoms with Crippen molar-refractivity contribution in [3.63, 3.8) is 0 Å². The van der Waals surface area contributed by atoms with Crippen LogP contribution in [0.1, 0.15) is 32.6 Å². The quantitative estimate of drug-likeness (QED) is 0.848. The molecule has 0 spiro atoms. The van der Waals surface area contributed by atoms with Gasteiger partial charge in [0, 0.05) is 18.5 Å². The monoisotopic (exact) mass is 331 g/mol. The van der Waals surface area contributed by atoms with Gasteiger partial charge in [0.2, 0.25) is 10.0 Å². The lowest BCUT2D eigenvalue weighted by Gasteiger charge is -2.39. The number of rotatable bonds is 3. The van der Waals surface area contributed by atoms with Gasteiger partial charge in [-0.1, -0.05) is 30.7 Å². The van der Waals surface area contributed by atoms with E-state index >= 15 is 0 Å². The van der Waals surface area contributed by atoms with Crippen molar-refractivity contribution in [1.82, 2.24) is 4.31 Å². The second-order valence-electron chi connectivity index (χ2n) is 6.36. The molecule has 0 unspecified atom stereocenters. The molecule has 1 aliphatic heterocycles. The predicted octanol–water partition coefficient (Wildman–Crippen LogP) is 3.63. The van der Waals surface area contributed by atoms with Crippen LogP contribution in [0.15, 0.2) is 29.2 Å². The van der Waals surface area contributed by atoms with E-state index < -0.39 is 15.7 Å². The largest absolute Gasteiger partial charge is 0.244 e. The Kier molecular flexibility index (Phi) is 3.58. The number of hydrogen-bond acceptors (Lipinski definition) is 2. The lowest BCUT2D eigenvalue weighted by Crippen LogP contribution is -2.48. The highest BCUT2D eigenvalue weighted by Gasteiger charge is 2.57. The van der Waals surface area contributed by atoms with Crippen LogP contribution in [0.4, 0.5) is 4.39 Å². The Labute approximate surface area is 130 Å². The summed E-state index contributed by atoms with van der Waals surface area (Å²) in [6.07, 6.45) is 2.35. The third-order valence-electron chi connectivity index (χ3n) is 5.05. The molecule has 1 aliphatic carbocycles. The van der Waals surface area contributed by atoms with Crippen molar-refractivity contribution < 1.29 is 12.8 Å². The van der Waals surface area contributed by atoms with Gasteiger partial charge in [0.05, 0.1) is 5.02 Å². The fourth-order valence-corrected chi connectivity index (χ4v) is 5.05. The Balaban J connectivity index is 1.79. The Morgan fingerprint density at radius 2 is 1.71 bits per heavy atom. The van der Waals surface area contributed by atoms with Crippen LogP contribution in [-0.4, -0.2) is 31.5 Å². The topological polar surface area (TPSA) is 37.4 Å². The average molecular weight is 332 g/mol. The van der Waals surface area contributed by atoms with Gasteiger partial charge in [-0.2, -0.15) is 4.31 Å². The number of halogens is 2. The van der Waals surface area contributed by atoms with E-state index in [1.54, 1.807) is 18.2 Å². The summed E-state index contributed by atoms with van der Waals surface area (Å²) in [4.78, 5) is 0.107. The number of hydrogen-bond donors (Lipinski definition) is 0. The second kappa shape index (κ2) is 4.93. The first-order chi connectivity index (χ1) is 9.79. The summed E-state index contributed by atoms with van der Waals surface area (Å²) in [5, 5.41) is 0.212. The van der Waals surface area contributed by atoms with Crippen LogP contribution in [-0.2, 0) is 10.0 Å². The fraction of sp³-hybridized carbons (Fsp3) is 0.600. The highest BCUT2D eigenvalue weighted by molar-refractivity contribution is 7.89. The van der Waals surface area contributed by atoms with Gasteiger partial charge in [-0.15, -0.1) is 0 Å². The fourth-order valence-electron chi connectivity index (χ4n) is 3.11. The first kappa shape index (κ1) is 15.3. The zero-order valence-electron chi connectivity index (χ0n) is 12.0. The number of alkyl halides is 1. The molecule has 0 N–H and O–H groups in total. The summed E-state index contributed by atoms with van der Waals surface area (Å²) < 4.78 is 41.5. The van der Waals surface area contributed by atoms with Gasteiger partial charge in [0.25, 0.3) is 0 Å². The van der Waals surface area contributed by atoms with Crippen LogP contribution in [0.3, 0.4) is 0 Å². The van der Waals surface area contributed by atoms with E-state index in [2.05, 4.69) is 0 Å². The van der Waals surface area contributed by atoms with Gasteiger partial charge in [-0.05, 0) is 37.8 Å². The minimum absolute atomic E-state index is 0.107. The van der Waals surface area contributed by atoms with Crippen molar-refractivity contribution in [2.24, 2.45) is 5.41 Å². The Bertz CT molecular complexity index is 649.